The fourth-order valence-electron chi connectivity index (χ4n) is 2.19. The normalized spacial score (nSPS) is 12.1. The predicted octanol–water partition coefficient (Wildman–Crippen LogP) is 5.67. The summed E-state index contributed by atoms with van der Waals surface area (Å²) in [4.78, 5) is 7.47. The highest BCUT2D eigenvalue weighted by atomic mass is 19.4. The number of aromatic nitrogens is 2. The minimum absolute atomic E-state index is 0.145. The summed E-state index contributed by atoms with van der Waals surface area (Å²) in [5.74, 6) is 3.58. The zero-order chi connectivity index (χ0) is 20.1. The highest BCUT2D eigenvalue weighted by Crippen LogP contribution is 2.41. The Labute approximate surface area is 155 Å². The second-order valence-corrected chi connectivity index (χ2v) is 5.32. The van der Waals surface area contributed by atoms with Crippen molar-refractivity contribution in [1.29, 1.82) is 0 Å². The first kappa shape index (κ1) is 19.0. The molecular formula is C17H11F4N7. The first-order valence-corrected chi connectivity index (χ1v) is 7.71. The molecule has 0 aliphatic carbocycles. The molecule has 0 fully saturated rings. The predicted molar refractivity (Wildman–Crippen MR) is 91.7 cm³/mol. The Morgan fingerprint density at radius 1 is 0.821 bits per heavy atom. The molecule has 0 saturated carbocycles. The van der Waals surface area contributed by atoms with E-state index in [1.54, 1.807) is 30.3 Å². The molecule has 0 aliphatic heterocycles. The second kappa shape index (κ2) is 7.86. The lowest BCUT2D eigenvalue weighted by Crippen LogP contribution is -2.10. The first-order chi connectivity index (χ1) is 13.4. The topological polar surface area (TPSA) is 101 Å². The van der Waals surface area contributed by atoms with Crippen LogP contribution in [0.1, 0.15) is 5.69 Å². The summed E-state index contributed by atoms with van der Waals surface area (Å²) in [7, 11) is 0. The van der Waals surface area contributed by atoms with Crippen molar-refractivity contribution < 1.29 is 17.6 Å². The van der Waals surface area contributed by atoms with Gasteiger partial charge in [-0.05, 0) is 36.4 Å². The number of hydrogen-bond donors (Lipinski definition) is 1. The van der Waals surface area contributed by atoms with Crippen LogP contribution in [0.5, 0.6) is 0 Å². The van der Waals surface area contributed by atoms with E-state index < -0.39 is 29.2 Å². The lowest BCUT2D eigenvalue weighted by Gasteiger charge is -2.11. The van der Waals surface area contributed by atoms with E-state index in [0.717, 1.165) is 12.1 Å². The fourth-order valence-corrected chi connectivity index (χ4v) is 2.19. The van der Waals surface area contributed by atoms with Gasteiger partial charge in [-0.2, -0.15) is 18.3 Å². The van der Waals surface area contributed by atoms with Gasteiger partial charge in [0.05, 0.1) is 5.69 Å². The molecule has 0 atom stereocenters. The quantitative estimate of drug-likeness (QED) is 0.269. The van der Waals surface area contributed by atoms with Crippen molar-refractivity contribution in [3.8, 4) is 11.4 Å². The monoisotopic (exact) mass is 389 g/mol. The Hall–Kier alpha value is -3.76. The zero-order valence-corrected chi connectivity index (χ0v) is 14.0. The summed E-state index contributed by atoms with van der Waals surface area (Å²) in [6.07, 6.45) is -4.89. The number of alkyl halides is 3. The standard InChI is InChI=1S/C17H11F4N7/c18-11-8-6-10(7-9-11)15-23-14(17(19,20)21)13(16(24-15)27-28-22)26-25-12-4-2-1-3-5-12/h1-9H,(H2,22,23,24,27)/b26-25+. The van der Waals surface area contributed by atoms with Gasteiger partial charge in [-0.3, -0.25) is 0 Å². The minimum Gasteiger partial charge on any atom is -0.305 e. The third kappa shape index (κ3) is 4.31. The smallest absolute Gasteiger partial charge is 0.305 e. The molecule has 2 aromatic carbocycles. The first-order valence-electron chi connectivity index (χ1n) is 7.71. The molecule has 0 bridgehead atoms. The molecule has 28 heavy (non-hydrogen) atoms. The van der Waals surface area contributed by atoms with E-state index in [2.05, 4.69) is 30.5 Å². The van der Waals surface area contributed by atoms with E-state index in [1.807, 2.05) is 0 Å². The molecular weight excluding hydrogens is 378 g/mol. The lowest BCUT2D eigenvalue weighted by molar-refractivity contribution is -0.140. The van der Waals surface area contributed by atoms with Gasteiger partial charge in [-0.15, -0.1) is 10.2 Å². The maximum Gasteiger partial charge on any atom is 0.435 e. The summed E-state index contributed by atoms with van der Waals surface area (Å²) >= 11 is 0. The third-order valence-electron chi connectivity index (χ3n) is 3.41. The Kier molecular flexibility index (Phi) is 5.34. The summed E-state index contributed by atoms with van der Waals surface area (Å²) in [6.45, 7) is 0. The zero-order valence-electron chi connectivity index (χ0n) is 14.0. The maximum absolute atomic E-state index is 13.6. The molecule has 1 aromatic heterocycles. The van der Waals surface area contributed by atoms with Gasteiger partial charge in [0.1, 0.15) is 5.82 Å². The van der Waals surface area contributed by atoms with Gasteiger partial charge in [-0.1, -0.05) is 23.4 Å². The average molecular weight is 389 g/mol. The molecule has 0 radical (unpaired) electrons. The van der Waals surface area contributed by atoms with Gasteiger partial charge < -0.3 is 5.84 Å². The molecule has 7 nitrogen and oxygen atoms in total. The van der Waals surface area contributed by atoms with E-state index >= 15 is 0 Å². The highest BCUT2D eigenvalue weighted by Gasteiger charge is 2.38. The summed E-state index contributed by atoms with van der Waals surface area (Å²) in [5, 5.41) is 13.8. The summed E-state index contributed by atoms with van der Waals surface area (Å²) in [5.41, 5.74) is -1.65. The van der Waals surface area contributed by atoms with E-state index in [-0.39, 0.29) is 11.4 Å². The van der Waals surface area contributed by atoms with E-state index in [9.17, 15) is 17.6 Å². The van der Waals surface area contributed by atoms with Crippen LogP contribution in [0.15, 0.2) is 75.2 Å². The molecule has 0 unspecified atom stereocenters. The van der Waals surface area contributed by atoms with Crippen molar-refractivity contribution in [1.82, 2.24) is 9.97 Å². The van der Waals surface area contributed by atoms with Gasteiger partial charge in [0, 0.05) is 5.56 Å². The highest BCUT2D eigenvalue weighted by molar-refractivity contribution is 5.66. The van der Waals surface area contributed by atoms with Crippen molar-refractivity contribution in [3.05, 3.63) is 66.1 Å². The molecule has 142 valence electrons. The van der Waals surface area contributed by atoms with E-state index in [4.69, 9.17) is 5.84 Å². The summed E-state index contributed by atoms with van der Waals surface area (Å²) < 4.78 is 53.9. The Bertz CT molecular complexity index is 1020. The van der Waals surface area contributed by atoms with E-state index in [0.29, 0.717) is 5.69 Å². The Balaban J connectivity index is 2.19. The lowest BCUT2D eigenvalue weighted by atomic mass is 10.2. The van der Waals surface area contributed by atoms with Crippen LogP contribution in [-0.2, 0) is 6.18 Å². The van der Waals surface area contributed by atoms with Crippen LogP contribution >= 0.6 is 0 Å². The minimum atomic E-state index is -4.89. The number of azo groups is 1. The number of hydrogen-bond acceptors (Lipinski definition) is 6. The van der Waals surface area contributed by atoms with Gasteiger partial charge >= 0.3 is 6.18 Å². The fraction of sp³-hybridized carbons (Fsp3) is 0.0588. The van der Waals surface area contributed by atoms with Crippen LogP contribution in [0.25, 0.3) is 11.4 Å². The van der Waals surface area contributed by atoms with Gasteiger partial charge in [0.15, 0.2) is 17.2 Å². The molecule has 0 saturated heterocycles. The van der Waals surface area contributed by atoms with Crippen LogP contribution in [0, 0.1) is 5.82 Å². The Morgan fingerprint density at radius 3 is 2.11 bits per heavy atom. The molecule has 11 heteroatoms. The van der Waals surface area contributed by atoms with Crippen LogP contribution in [0.3, 0.4) is 0 Å². The summed E-state index contributed by atoms with van der Waals surface area (Å²) in [6, 6.07) is 12.7. The van der Waals surface area contributed by atoms with Crippen LogP contribution < -0.4 is 5.84 Å². The number of nitrogens with zero attached hydrogens (tertiary/aromatic N) is 6. The van der Waals surface area contributed by atoms with Crippen LogP contribution in [0.4, 0.5) is 34.8 Å². The van der Waals surface area contributed by atoms with Gasteiger partial charge in [0.2, 0.25) is 5.82 Å². The number of halogens is 4. The maximum atomic E-state index is 13.6. The van der Waals surface area contributed by atoms with Crippen LogP contribution in [0.2, 0.25) is 0 Å². The largest absolute Gasteiger partial charge is 0.435 e. The number of benzene rings is 2. The van der Waals surface area contributed by atoms with Crippen molar-refractivity contribution >= 4 is 17.2 Å². The van der Waals surface area contributed by atoms with Gasteiger partial charge in [-0.25, -0.2) is 14.4 Å². The molecule has 1 heterocycles. The molecule has 0 amide bonds. The Morgan fingerprint density at radius 2 is 1.50 bits per heavy atom. The molecule has 3 aromatic rings. The molecule has 0 spiro atoms. The second-order valence-electron chi connectivity index (χ2n) is 5.32. The van der Waals surface area contributed by atoms with Crippen LogP contribution in [-0.4, -0.2) is 9.97 Å². The average Bonchev–Trinajstić information content (AvgIpc) is 2.67. The van der Waals surface area contributed by atoms with E-state index in [1.165, 1.54) is 12.1 Å². The van der Waals surface area contributed by atoms with Crippen molar-refractivity contribution in [2.45, 2.75) is 6.18 Å². The molecule has 3 rings (SSSR count). The SMILES string of the molecule is NN=Nc1nc(-c2ccc(F)cc2)nc(C(F)(F)F)c1/N=N/c1ccccc1. The molecule has 2 N–H and O–H groups in total. The number of rotatable bonds is 4. The van der Waals surface area contributed by atoms with Crippen molar-refractivity contribution in [2.75, 3.05) is 0 Å². The third-order valence-corrected chi connectivity index (χ3v) is 3.41. The molecule has 0 aliphatic rings. The van der Waals surface area contributed by atoms with Crippen molar-refractivity contribution in [2.24, 2.45) is 26.4 Å². The van der Waals surface area contributed by atoms with Crippen molar-refractivity contribution in [3.63, 3.8) is 0 Å². The number of nitrogens with two attached hydrogens (primary N) is 1. The van der Waals surface area contributed by atoms with Gasteiger partial charge in [0.25, 0.3) is 0 Å².